The Morgan fingerprint density at radius 3 is 2.43 bits per heavy atom. The van der Waals surface area contributed by atoms with Crippen LogP contribution >= 0.6 is 0 Å². The van der Waals surface area contributed by atoms with Gasteiger partial charge >= 0.3 is 5.97 Å². The molecule has 0 saturated carbocycles. The summed E-state index contributed by atoms with van der Waals surface area (Å²) in [6.45, 7) is 2.11. The van der Waals surface area contributed by atoms with Crippen molar-refractivity contribution >= 4 is 23.0 Å². The van der Waals surface area contributed by atoms with Crippen LogP contribution in [0.25, 0.3) is 0 Å². The molecule has 0 amide bonds. The van der Waals surface area contributed by atoms with Gasteiger partial charge in [0.05, 0.1) is 24.0 Å². The molecule has 0 radical (unpaired) electrons. The lowest BCUT2D eigenvalue weighted by molar-refractivity contribution is 0.0601. The van der Waals surface area contributed by atoms with Crippen LogP contribution in [-0.4, -0.2) is 20.1 Å². The summed E-state index contributed by atoms with van der Waals surface area (Å²) in [5.74, 6) is -0.394. The molecule has 110 valence electrons. The average molecular weight is 284 g/mol. The van der Waals surface area contributed by atoms with Gasteiger partial charge in [-0.1, -0.05) is 25.1 Å². The number of carbonyl (C=O) groups is 1. The fourth-order valence-corrected chi connectivity index (χ4v) is 2.29. The first-order chi connectivity index (χ1) is 10.1. The number of rotatable bonds is 4. The molecule has 21 heavy (non-hydrogen) atoms. The number of benzene rings is 2. The van der Waals surface area contributed by atoms with Gasteiger partial charge in [0, 0.05) is 12.7 Å². The highest BCUT2D eigenvalue weighted by Crippen LogP contribution is 2.33. The minimum atomic E-state index is -0.394. The van der Waals surface area contributed by atoms with Crippen molar-refractivity contribution in [3.05, 3.63) is 53.6 Å². The van der Waals surface area contributed by atoms with Crippen LogP contribution in [0.5, 0.6) is 0 Å². The molecule has 0 aliphatic carbocycles. The quantitative estimate of drug-likeness (QED) is 0.690. The number of carbonyl (C=O) groups excluding carboxylic acids is 1. The number of nitrogen functional groups attached to an aromatic ring is 1. The highest BCUT2D eigenvalue weighted by molar-refractivity contribution is 6.00. The SMILES string of the molecule is CCc1ccc(N(C)c2c(N)cccc2C(=O)OC)cc1. The van der Waals surface area contributed by atoms with Gasteiger partial charge in [0.1, 0.15) is 0 Å². The lowest BCUT2D eigenvalue weighted by Crippen LogP contribution is -2.16. The molecule has 4 nitrogen and oxygen atoms in total. The lowest BCUT2D eigenvalue weighted by Gasteiger charge is -2.23. The van der Waals surface area contributed by atoms with E-state index in [-0.39, 0.29) is 0 Å². The summed E-state index contributed by atoms with van der Waals surface area (Å²) in [5, 5.41) is 0. The molecule has 2 aromatic rings. The van der Waals surface area contributed by atoms with Crippen LogP contribution in [-0.2, 0) is 11.2 Å². The molecule has 0 aromatic heterocycles. The fourth-order valence-electron chi connectivity index (χ4n) is 2.29. The van der Waals surface area contributed by atoms with Gasteiger partial charge < -0.3 is 15.4 Å². The van der Waals surface area contributed by atoms with Gasteiger partial charge in [0.25, 0.3) is 0 Å². The summed E-state index contributed by atoms with van der Waals surface area (Å²) >= 11 is 0. The van der Waals surface area contributed by atoms with Crippen LogP contribution in [0.3, 0.4) is 0 Å². The van der Waals surface area contributed by atoms with Gasteiger partial charge in [-0.05, 0) is 36.2 Å². The monoisotopic (exact) mass is 284 g/mol. The zero-order valence-corrected chi connectivity index (χ0v) is 12.6. The average Bonchev–Trinajstić information content (AvgIpc) is 2.53. The predicted molar refractivity (Wildman–Crippen MR) is 86.1 cm³/mol. The zero-order chi connectivity index (χ0) is 15.4. The number of methoxy groups -OCH3 is 1. The van der Waals surface area contributed by atoms with Crippen LogP contribution in [0.1, 0.15) is 22.8 Å². The van der Waals surface area contributed by atoms with Crippen molar-refractivity contribution in [2.24, 2.45) is 0 Å². The maximum atomic E-state index is 11.9. The number of ether oxygens (including phenoxy) is 1. The molecular formula is C17H20N2O2. The second-order valence-corrected chi connectivity index (χ2v) is 4.81. The summed E-state index contributed by atoms with van der Waals surface area (Å²) in [5.41, 5.74) is 9.95. The topological polar surface area (TPSA) is 55.6 Å². The number of nitrogens with two attached hydrogens (primary N) is 1. The van der Waals surface area contributed by atoms with Crippen molar-refractivity contribution in [3.63, 3.8) is 0 Å². The number of esters is 1. The molecule has 0 unspecified atom stereocenters. The van der Waals surface area contributed by atoms with Crippen LogP contribution in [0.15, 0.2) is 42.5 Å². The van der Waals surface area contributed by atoms with Crippen LogP contribution in [0, 0.1) is 0 Å². The Bertz CT molecular complexity index is 636. The van der Waals surface area contributed by atoms with Crippen molar-refractivity contribution in [1.82, 2.24) is 0 Å². The van der Waals surface area contributed by atoms with Crippen LogP contribution in [0.2, 0.25) is 0 Å². The van der Waals surface area contributed by atoms with Crippen molar-refractivity contribution in [2.75, 3.05) is 24.8 Å². The summed E-state index contributed by atoms with van der Waals surface area (Å²) < 4.78 is 4.83. The molecular weight excluding hydrogens is 264 g/mol. The summed E-state index contributed by atoms with van der Waals surface area (Å²) in [7, 11) is 3.25. The molecule has 2 N–H and O–H groups in total. The number of nitrogens with zero attached hydrogens (tertiary/aromatic N) is 1. The first-order valence-corrected chi connectivity index (χ1v) is 6.88. The number of para-hydroxylation sites is 1. The highest BCUT2D eigenvalue weighted by atomic mass is 16.5. The van der Waals surface area contributed by atoms with Gasteiger partial charge in [-0.25, -0.2) is 4.79 Å². The lowest BCUT2D eigenvalue weighted by atomic mass is 10.1. The van der Waals surface area contributed by atoms with E-state index in [1.807, 2.05) is 24.1 Å². The number of aryl methyl sites for hydroxylation is 1. The molecule has 0 aliphatic heterocycles. The molecule has 0 atom stereocenters. The molecule has 0 aliphatic rings. The van der Waals surface area contributed by atoms with Crippen LogP contribution < -0.4 is 10.6 Å². The van der Waals surface area contributed by atoms with E-state index in [1.54, 1.807) is 18.2 Å². The van der Waals surface area contributed by atoms with Crippen LogP contribution in [0.4, 0.5) is 17.1 Å². The first kappa shape index (κ1) is 14.9. The molecule has 2 aromatic carbocycles. The molecule has 0 bridgehead atoms. The molecule has 0 heterocycles. The summed E-state index contributed by atoms with van der Waals surface area (Å²) in [6.07, 6.45) is 0.991. The van der Waals surface area contributed by atoms with E-state index in [9.17, 15) is 4.79 Å². The molecule has 0 spiro atoms. The third-order valence-corrected chi connectivity index (χ3v) is 3.54. The minimum Gasteiger partial charge on any atom is -0.465 e. The van der Waals surface area contributed by atoms with E-state index >= 15 is 0 Å². The fraction of sp³-hybridized carbons (Fsp3) is 0.235. The second-order valence-electron chi connectivity index (χ2n) is 4.81. The Labute approximate surface area is 125 Å². The van der Waals surface area contributed by atoms with Gasteiger partial charge in [0.15, 0.2) is 0 Å². The Morgan fingerprint density at radius 1 is 1.19 bits per heavy atom. The second kappa shape index (κ2) is 6.31. The summed E-state index contributed by atoms with van der Waals surface area (Å²) in [6, 6.07) is 13.4. The predicted octanol–water partition coefficient (Wildman–Crippen LogP) is 3.39. The Balaban J connectivity index is 2.46. The number of hydrogen-bond acceptors (Lipinski definition) is 4. The van der Waals surface area contributed by atoms with E-state index in [0.717, 1.165) is 12.1 Å². The van der Waals surface area contributed by atoms with E-state index in [2.05, 4.69) is 19.1 Å². The largest absolute Gasteiger partial charge is 0.465 e. The normalized spacial score (nSPS) is 10.2. The van der Waals surface area contributed by atoms with E-state index in [4.69, 9.17) is 10.5 Å². The maximum absolute atomic E-state index is 11.9. The summed E-state index contributed by atoms with van der Waals surface area (Å²) in [4.78, 5) is 13.8. The van der Waals surface area contributed by atoms with E-state index in [1.165, 1.54) is 12.7 Å². The van der Waals surface area contributed by atoms with E-state index < -0.39 is 5.97 Å². The van der Waals surface area contributed by atoms with Crippen molar-refractivity contribution in [2.45, 2.75) is 13.3 Å². The van der Waals surface area contributed by atoms with Gasteiger partial charge in [-0.15, -0.1) is 0 Å². The standard InChI is InChI=1S/C17H20N2O2/c1-4-12-8-10-13(11-9-12)19(2)16-14(17(20)21-3)6-5-7-15(16)18/h5-11H,4,18H2,1-3H3. The molecule has 0 saturated heterocycles. The minimum absolute atomic E-state index is 0.394. The zero-order valence-electron chi connectivity index (χ0n) is 12.6. The molecule has 4 heteroatoms. The van der Waals surface area contributed by atoms with Crippen molar-refractivity contribution in [3.8, 4) is 0 Å². The highest BCUT2D eigenvalue weighted by Gasteiger charge is 2.18. The van der Waals surface area contributed by atoms with Gasteiger partial charge in [-0.2, -0.15) is 0 Å². The van der Waals surface area contributed by atoms with E-state index in [0.29, 0.717) is 16.9 Å². The molecule has 2 rings (SSSR count). The van der Waals surface area contributed by atoms with Gasteiger partial charge in [-0.3, -0.25) is 0 Å². The number of hydrogen-bond donors (Lipinski definition) is 1. The maximum Gasteiger partial charge on any atom is 0.340 e. The Kier molecular flexibility index (Phi) is 4.48. The Morgan fingerprint density at radius 2 is 1.86 bits per heavy atom. The van der Waals surface area contributed by atoms with Crippen molar-refractivity contribution in [1.29, 1.82) is 0 Å². The number of anilines is 3. The first-order valence-electron chi connectivity index (χ1n) is 6.88. The third-order valence-electron chi connectivity index (χ3n) is 3.54. The third kappa shape index (κ3) is 2.99. The van der Waals surface area contributed by atoms with Crippen molar-refractivity contribution < 1.29 is 9.53 Å². The van der Waals surface area contributed by atoms with Gasteiger partial charge in [0.2, 0.25) is 0 Å². The Hall–Kier alpha value is -2.49. The molecule has 0 fully saturated rings. The smallest absolute Gasteiger partial charge is 0.340 e.